The fourth-order valence-corrected chi connectivity index (χ4v) is 3.83. The molecule has 0 aliphatic carbocycles. The third-order valence-electron chi connectivity index (χ3n) is 5.29. The van der Waals surface area contributed by atoms with Crippen LogP contribution >= 0.6 is 0 Å². The molecule has 1 saturated heterocycles. The van der Waals surface area contributed by atoms with E-state index in [1.807, 2.05) is 54.3 Å². The van der Waals surface area contributed by atoms with Gasteiger partial charge in [-0.15, -0.1) is 0 Å². The van der Waals surface area contributed by atoms with Gasteiger partial charge in [0.1, 0.15) is 5.75 Å². The number of carbonyl (C=O) groups is 1. The van der Waals surface area contributed by atoms with Crippen LogP contribution in [0.2, 0.25) is 0 Å². The highest BCUT2D eigenvalue weighted by molar-refractivity contribution is 5.84. The third-order valence-corrected chi connectivity index (χ3v) is 5.29. The van der Waals surface area contributed by atoms with Crippen LogP contribution < -0.4 is 15.2 Å². The summed E-state index contributed by atoms with van der Waals surface area (Å²) in [5, 5.41) is 1.50. The van der Waals surface area contributed by atoms with Crippen molar-refractivity contribution >= 4 is 22.4 Å². The molecule has 1 fully saturated rings. The van der Waals surface area contributed by atoms with E-state index >= 15 is 0 Å². The molecule has 6 nitrogen and oxygen atoms in total. The second-order valence-electron chi connectivity index (χ2n) is 7.16. The maximum absolute atomic E-state index is 12.8. The van der Waals surface area contributed by atoms with Crippen molar-refractivity contribution in [3.05, 3.63) is 70.6 Å². The number of piperazine rings is 1. The van der Waals surface area contributed by atoms with Gasteiger partial charge in [0.25, 0.3) is 5.56 Å². The molecule has 1 aliphatic heterocycles. The molecule has 3 aromatic rings. The molecular formula is C23H25N3O3. The van der Waals surface area contributed by atoms with E-state index in [1.54, 1.807) is 6.07 Å². The van der Waals surface area contributed by atoms with Crippen LogP contribution in [-0.2, 0) is 11.2 Å². The summed E-state index contributed by atoms with van der Waals surface area (Å²) in [6.45, 7) is 5.41. The van der Waals surface area contributed by atoms with E-state index in [0.717, 1.165) is 29.9 Å². The number of pyridine rings is 1. The predicted molar refractivity (Wildman–Crippen MR) is 115 cm³/mol. The summed E-state index contributed by atoms with van der Waals surface area (Å²) in [5.74, 6) is 0.914. The highest BCUT2D eigenvalue weighted by Crippen LogP contribution is 2.28. The molecule has 6 heteroatoms. The second-order valence-corrected chi connectivity index (χ2v) is 7.16. The number of carbonyl (C=O) groups excluding carboxylic acids is 1. The van der Waals surface area contributed by atoms with E-state index in [9.17, 15) is 9.59 Å². The Morgan fingerprint density at radius 2 is 1.76 bits per heavy atom. The van der Waals surface area contributed by atoms with Gasteiger partial charge in [0.05, 0.1) is 18.7 Å². The Morgan fingerprint density at radius 1 is 1.03 bits per heavy atom. The number of benzene rings is 2. The molecule has 1 N–H and O–H groups in total. The normalized spacial score (nSPS) is 14.2. The van der Waals surface area contributed by atoms with E-state index in [1.165, 1.54) is 0 Å². The van der Waals surface area contributed by atoms with Gasteiger partial charge >= 0.3 is 0 Å². The summed E-state index contributed by atoms with van der Waals surface area (Å²) in [4.78, 5) is 32.0. The van der Waals surface area contributed by atoms with Gasteiger partial charge in [0.15, 0.2) is 0 Å². The third kappa shape index (κ3) is 4.11. The SMILES string of the molecule is CCOc1ccccc1N1CCN(C(=O)Cc2cc3ccccc3c(=O)[nH]2)CC1. The molecule has 2 aromatic carbocycles. The predicted octanol–water partition coefficient (Wildman–Crippen LogP) is 2.82. The van der Waals surface area contributed by atoms with Crippen LogP contribution in [0.25, 0.3) is 10.8 Å². The van der Waals surface area contributed by atoms with Gasteiger partial charge in [0, 0.05) is 37.3 Å². The van der Waals surface area contributed by atoms with Gasteiger partial charge in [-0.3, -0.25) is 9.59 Å². The molecule has 0 bridgehead atoms. The fraction of sp³-hybridized carbons (Fsp3) is 0.304. The molecule has 150 valence electrons. The van der Waals surface area contributed by atoms with E-state index in [-0.39, 0.29) is 17.9 Å². The van der Waals surface area contributed by atoms with Crippen molar-refractivity contribution < 1.29 is 9.53 Å². The molecule has 0 atom stereocenters. The summed E-state index contributed by atoms with van der Waals surface area (Å²) >= 11 is 0. The maximum Gasteiger partial charge on any atom is 0.256 e. The number of aromatic nitrogens is 1. The number of hydrogen-bond acceptors (Lipinski definition) is 4. The molecule has 29 heavy (non-hydrogen) atoms. The first-order chi connectivity index (χ1) is 14.2. The van der Waals surface area contributed by atoms with E-state index in [4.69, 9.17) is 4.74 Å². The molecule has 1 aromatic heterocycles. The number of fused-ring (bicyclic) bond motifs is 1. The van der Waals surface area contributed by atoms with Crippen LogP contribution in [0.1, 0.15) is 12.6 Å². The van der Waals surface area contributed by atoms with Crippen LogP contribution in [0.15, 0.2) is 59.4 Å². The zero-order valence-electron chi connectivity index (χ0n) is 16.6. The number of hydrogen-bond donors (Lipinski definition) is 1. The summed E-state index contributed by atoms with van der Waals surface area (Å²) in [7, 11) is 0. The Balaban J connectivity index is 1.42. The van der Waals surface area contributed by atoms with Crippen molar-refractivity contribution in [1.29, 1.82) is 0 Å². The minimum Gasteiger partial charge on any atom is -0.492 e. The standard InChI is InChI=1S/C23H25N3O3/c1-2-29-21-10-6-5-9-20(21)25-11-13-26(14-12-25)22(27)16-18-15-17-7-3-4-8-19(17)23(28)24-18/h3-10,15H,2,11-14,16H2,1H3,(H,24,28). The number of para-hydroxylation sites is 2. The quantitative estimate of drug-likeness (QED) is 0.726. The Hall–Kier alpha value is -3.28. The molecule has 0 saturated carbocycles. The van der Waals surface area contributed by atoms with Gasteiger partial charge in [0.2, 0.25) is 5.91 Å². The lowest BCUT2D eigenvalue weighted by atomic mass is 10.1. The lowest BCUT2D eigenvalue weighted by Crippen LogP contribution is -2.49. The molecule has 4 rings (SSSR count). The van der Waals surface area contributed by atoms with Crippen molar-refractivity contribution in [3.8, 4) is 5.75 Å². The molecule has 2 heterocycles. The number of anilines is 1. The molecular weight excluding hydrogens is 366 g/mol. The Kier molecular flexibility index (Phi) is 5.51. The second kappa shape index (κ2) is 8.39. The lowest BCUT2D eigenvalue weighted by molar-refractivity contribution is -0.130. The number of nitrogens with one attached hydrogen (secondary N) is 1. The maximum atomic E-state index is 12.8. The summed E-state index contributed by atoms with van der Waals surface area (Å²) in [5.41, 5.74) is 1.58. The van der Waals surface area contributed by atoms with Crippen molar-refractivity contribution in [3.63, 3.8) is 0 Å². The number of aromatic amines is 1. The van der Waals surface area contributed by atoms with Gasteiger partial charge in [-0.2, -0.15) is 0 Å². The first kappa shape index (κ1) is 19.1. The Morgan fingerprint density at radius 3 is 2.55 bits per heavy atom. The molecule has 0 radical (unpaired) electrons. The zero-order valence-corrected chi connectivity index (χ0v) is 16.6. The first-order valence-electron chi connectivity index (χ1n) is 10.0. The molecule has 1 aliphatic rings. The average Bonchev–Trinajstić information content (AvgIpc) is 2.74. The van der Waals surface area contributed by atoms with Crippen molar-refractivity contribution in [2.24, 2.45) is 0 Å². The van der Waals surface area contributed by atoms with E-state index < -0.39 is 0 Å². The number of ether oxygens (including phenoxy) is 1. The average molecular weight is 391 g/mol. The lowest BCUT2D eigenvalue weighted by Gasteiger charge is -2.36. The largest absolute Gasteiger partial charge is 0.492 e. The van der Waals surface area contributed by atoms with Gasteiger partial charge in [-0.1, -0.05) is 30.3 Å². The Bertz CT molecular complexity index is 1070. The van der Waals surface area contributed by atoms with Crippen LogP contribution in [0.5, 0.6) is 5.75 Å². The number of H-pyrrole nitrogens is 1. The minimum absolute atomic E-state index is 0.0358. The zero-order chi connectivity index (χ0) is 20.2. The van der Waals surface area contributed by atoms with Crippen molar-refractivity contribution in [2.75, 3.05) is 37.7 Å². The monoisotopic (exact) mass is 391 g/mol. The minimum atomic E-state index is -0.150. The van der Waals surface area contributed by atoms with Crippen molar-refractivity contribution in [2.45, 2.75) is 13.3 Å². The number of rotatable bonds is 5. The first-order valence-corrected chi connectivity index (χ1v) is 10.0. The summed E-state index contributed by atoms with van der Waals surface area (Å²) < 4.78 is 5.73. The highest BCUT2D eigenvalue weighted by atomic mass is 16.5. The Labute approximate surface area is 169 Å². The van der Waals surface area contributed by atoms with Crippen LogP contribution in [0, 0.1) is 0 Å². The van der Waals surface area contributed by atoms with Crippen LogP contribution in [0.4, 0.5) is 5.69 Å². The fourth-order valence-electron chi connectivity index (χ4n) is 3.83. The van der Waals surface area contributed by atoms with E-state index in [0.29, 0.717) is 30.8 Å². The molecule has 0 unspecified atom stereocenters. The topological polar surface area (TPSA) is 65.6 Å². The number of nitrogens with zero attached hydrogens (tertiary/aromatic N) is 2. The molecule has 0 spiro atoms. The number of amides is 1. The van der Waals surface area contributed by atoms with E-state index in [2.05, 4.69) is 16.0 Å². The van der Waals surface area contributed by atoms with Crippen LogP contribution in [-0.4, -0.2) is 48.6 Å². The smallest absolute Gasteiger partial charge is 0.256 e. The van der Waals surface area contributed by atoms with Crippen molar-refractivity contribution in [1.82, 2.24) is 9.88 Å². The summed E-state index contributed by atoms with van der Waals surface area (Å²) in [6.07, 6.45) is 0.204. The molecule has 1 amide bonds. The van der Waals surface area contributed by atoms with Gasteiger partial charge < -0.3 is 19.5 Å². The van der Waals surface area contributed by atoms with Gasteiger partial charge in [-0.25, -0.2) is 0 Å². The van der Waals surface area contributed by atoms with Gasteiger partial charge in [-0.05, 0) is 36.6 Å². The highest BCUT2D eigenvalue weighted by Gasteiger charge is 2.23. The van der Waals surface area contributed by atoms with Crippen LogP contribution in [0.3, 0.4) is 0 Å². The summed E-state index contributed by atoms with van der Waals surface area (Å²) in [6, 6.07) is 17.3.